The van der Waals surface area contributed by atoms with Crippen LogP contribution in [0.25, 0.3) is 0 Å². The average Bonchev–Trinajstić information content (AvgIpc) is 2.29. The van der Waals surface area contributed by atoms with Crippen molar-refractivity contribution in [1.82, 2.24) is 4.90 Å². The molecule has 0 amide bonds. The monoisotopic (exact) mass is 244 g/mol. The van der Waals surface area contributed by atoms with Gasteiger partial charge in [-0.1, -0.05) is 17.7 Å². The molecule has 1 fully saturated rings. The molecule has 1 saturated heterocycles. The number of hydrogen-bond acceptors (Lipinski definition) is 2. The van der Waals surface area contributed by atoms with E-state index in [2.05, 4.69) is 15.9 Å². The van der Waals surface area contributed by atoms with Gasteiger partial charge >= 0.3 is 0 Å². The van der Waals surface area contributed by atoms with Gasteiger partial charge in [0.1, 0.15) is 0 Å². The molecule has 2 rings (SSSR count). The summed E-state index contributed by atoms with van der Waals surface area (Å²) in [4.78, 5) is 4.58. The zero-order valence-corrected chi connectivity index (χ0v) is 10.0. The van der Waals surface area contributed by atoms with Crippen LogP contribution in [-0.4, -0.2) is 37.1 Å². The molecule has 4 heteroatoms. The molecule has 1 aromatic rings. The fraction of sp³-hybridized carbons (Fsp3) is 0.455. The van der Waals surface area contributed by atoms with E-state index in [1.165, 1.54) is 5.69 Å². The van der Waals surface area contributed by atoms with Crippen molar-refractivity contribution >= 4 is 28.9 Å². The third-order valence-electron chi connectivity index (χ3n) is 2.71. The number of rotatable bonds is 2. The fourth-order valence-electron chi connectivity index (χ4n) is 1.80. The summed E-state index contributed by atoms with van der Waals surface area (Å²) in [5, 5.41) is 0.798. The minimum Gasteiger partial charge on any atom is -0.369 e. The van der Waals surface area contributed by atoms with Crippen molar-refractivity contribution in [2.75, 3.05) is 37.1 Å². The van der Waals surface area contributed by atoms with Gasteiger partial charge in [0.2, 0.25) is 0 Å². The van der Waals surface area contributed by atoms with Gasteiger partial charge in [0.15, 0.2) is 0 Å². The van der Waals surface area contributed by atoms with E-state index in [-0.39, 0.29) is 0 Å². The first-order valence-corrected chi connectivity index (χ1v) is 5.99. The Bertz CT molecular complexity index is 322. The summed E-state index contributed by atoms with van der Waals surface area (Å²) >= 11 is 11.7. The van der Waals surface area contributed by atoms with Crippen LogP contribution >= 0.6 is 23.2 Å². The first kappa shape index (κ1) is 11.1. The molecule has 1 aromatic carbocycles. The number of piperazine rings is 1. The van der Waals surface area contributed by atoms with E-state index in [0.717, 1.165) is 31.2 Å². The number of anilines is 1. The lowest BCUT2D eigenvalue weighted by molar-refractivity contribution is 0.298. The Kier molecular flexibility index (Phi) is 3.73. The van der Waals surface area contributed by atoms with E-state index in [4.69, 9.17) is 23.2 Å². The summed E-state index contributed by atoms with van der Waals surface area (Å²) in [6, 6.07) is 8.63. The standard InChI is InChI=1S/C11H14Cl2N2/c12-9-14-4-6-15(7-5-14)11-3-1-2-10(13)8-11/h1-3,8H,4-7,9H2. The van der Waals surface area contributed by atoms with Gasteiger partial charge in [-0.05, 0) is 18.2 Å². The zero-order valence-electron chi connectivity index (χ0n) is 8.50. The van der Waals surface area contributed by atoms with Crippen molar-refractivity contribution in [2.45, 2.75) is 0 Å². The highest BCUT2D eigenvalue weighted by atomic mass is 35.5. The Balaban J connectivity index is 2.01. The van der Waals surface area contributed by atoms with E-state index >= 15 is 0 Å². The first-order chi connectivity index (χ1) is 7.29. The van der Waals surface area contributed by atoms with Crippen LogP contribution < -0.4 is 4.90 Å². The van der Waals surface area contributed by atoms with Crippen molar-refractivity contribution in [2.24, 2.45) is 0 Å². The summed E-state index contributed by atoms with van der Waals surface area (Å²) in [5.41, 5.74) is 1.21. The predicted octanol–water partition coefficient (Wildman–Crippen LogP) is 2.66. The number of benzene rings is 1. The Hall–Kier alpha value is -0.440. The van der Waals surface area contributed by atoms with Crippen molar-refractivity contribution in [3.8, 4) is 0 Å². The van der Waals surface area contributed by atoms with Gasteiger partial charge < -0.3 is 4.90 Å². The normalized spacial score (nSPS) is 18.1. The third-order valence-corrected chi connectivity index (χ3v) is 3.29. The summed E-state index contributed by atoms with van der Waals surface area (Å²) in [6.45, 7) is 4.09. The van der Waals surface area contributed by atoms with E-state index in [1.54, 1.807) is 0 Å². The molecule has 15 heavy (non-hydrogen) atoms. The Morgan fingerprint density at radius 1 is 1.13 bits per heavy atom. The lowest BCUT2D eigenvalue weighted by Crippen LogP contribution is -2.45. The lowest BCUT2D eigenvalue weighted by atomic mass is 10.2. The molecule has 0 bridgehead atoms. The smallest absolute Gasteiger partial charge is 0.0739 e. The molecule has 1 aliphatic heterocycles. The largest absolute Gasteiger partial charge is 0.369 e. The number of halogens is 2. The van der Waals surface area contributed by atoms with Gasteiger partial charge in [0.25, 0.3) is 0 Å². The fourth-order valence-corrected chi connectivity index (χ4v) is 2.22. The lowest BCUT2D eigenvalue weighted by Gasteiger charge is -2.35. The molecule has 0 aromatic heterocycles. The Labute approximate surface area is 100 Å². The summed E-state index contributed by atoms with van der Waals surface area (Å²) < 4.78 is 0. The van der Waals surface area contributed by atoms with Crippen LogP contribution in [0.2, 0.25) is 5.02 Å². The predicted molar refractivity (Wildman–Crippen MR) is 66.0 cm³/mol. The highest BCUT2D eigenvalue weighted by Crippen LogP contribution is 2.20. The van der Waals surface area contributed by atoms with Crippen LogP contribution in [0.5, 0.6) is 0 Å². The summed E-state index contributed by atoms with van der Waals surface area (Å²) in [6.07, 6.45) is 0. The van der Waals surface area contributed by atoms with E-state index < -0.39 is 0 Å². The molecule has 0 atom stereocenters. The molecule has 0 saturated carbocycles. The van der Waals surface area contributed by atoms with Crippen molar-refractivity contribution in [3.63, 3.8) is 0 Å². The molecule has 0 aliphatic carbocycles. The van der Waals surface area contributed by atoms with Gasteiger partial charge in [0, 0.05) is 36.9 Å². The highest BCUT2D eigenvalue weighted by Gasteiger charge is 2.15. The molecule has 82 valence electrons. The Morgan fingerprint density at radius 3 is 2.47 bits per heavy atom. The van der Waals surface area contributed by atoms with Crippen LogP contribution in [0, 0.1) is 0 Å². The number of alkyl halides is 1. The van der Waals surface area contributed by atoms with Gasteiger partial charge in [-0.25, -0.2) is 0 Å². The molecule has 0 spiro atoms. The molecule has 1 heterocycles. The van der Waals surface area contributed by atoms with Gasteiger partial charge in [-0.3, -0.25) is 4.90 Å². The van der Waals surface area contributed by atoms with Gasteiger partial charge in [-0.2, -0.15) is 0 Å². The maximum absolute atomic E-state index is 5.96. The number of hydrogen-bond donors (Lipinski definition) is 0. The minimum absolute atomic E-state index is 0.628. The molecular weight excluding hydrogens is 231 g/mol. The third kappa shape index (κ3) is 2.77. The molecule has 0 N–H and O–H groups in total. The van der Waals surface area contributed by atoms with Gasteiger partial charge in [-0.15, -0.1) is 11.6 Å². The van der Waals surface area contributed by atoms with Crippen molar-refractivity contribution < 1.29 is 0 Å². The topological polar surface area (TPSA) is 6.48 Å². The van der Waals surface area contributed by atoms with Gasteiger partial charge in [0.05, 0.1) is 6.00 Å². The van der Waals surface area contributed by atoms with Crippen LogP contribution in [-0.2, 0) is 0 Å². The average molecular weight is 245 g/mol. The zero-order chi connectivity index (χ0) is 10.7. The second kappa shape index (κ2) is 5.06. The van der Waals surface area contributed by atoms with Crippen LogP contribution in [0.1, 0.15) is 0 Å². The van der Waals surface area contributed by atoms with Crippen LogP contribution in [0.4, 0.5) is 5.69 Å². The highest BCUT2D eigenvalue weighted by molar-refractivity contribution is 6.30. The quantitative estimate of drug-likeness (QED) is 0.583. The maximum Gasteiger partial charge on any atom is 0.0739 e. The Morgan fingerprint density at radius 2 is 1.87 bits per heavy atom. The first-order valence-electron chi connectivity index (χ1n) is 5.08. The van der Waals surface area contributed by atoms with E-state index in [1.807, 2.05) is 18.2 Å². The summed E-state index contributed by atoms with van der Waals surface area (Å²) in [5.74, 6) is 0. The van der Waals surface area contributed by atoms with Crippen LogP contribution in [0.15, 0.2) is 24.3 Å². The van der Waals surface area contributed by atoms with E-state index in [9.17, 15) is 0 Å². The molecule has 0 radical (unpaired) electrons. The maximum atomic E-state index is 5.96. The summed E-state index contributed by atoms with van der Waals surface area (Å²) in [7, 11) is 0. The van der Waals surface area contributed by atoms with Crippen molar-refractivity contribution in [1.29, 1.82) is 0 Å². The molecule has 2 nitrogen and oxygen atoms in total. The SMILES string of the molecule is ClCN1CCN(c2cccc(Cl)c2)CC1. The molecular formula is C11H14Cl2N2. The molecule has 1 aliphatic rings. The second-order valence-corrected chi connectivity index (χ2v) is 4.38. The van der Waals surface area contributed by atoms with E-state index in [0.29, 0.717) is 6.00 Å². The minimum atomic E-state index is 0.628. The van der Waals surface area contributed by atoms with Crippen molar-refractivity contribution in [3.05, 3.63) is 29.3 Å². The van der Waals surface area contributed by atoms with Crippen LogP contribution in [0.3, 0.4) is 0 Å². The molecule has 0 unspecified atom stereocenters. The second-order valence-electron chi connectivity index (χ2n) is 3.70. The number of nitrogens with zero attached hydrogens (tertiary/aromatic N) is 2.